The van der Waals surface area contributed by atoms with Crippen molar-refractivity contribution >= 4 is 12.6 Å². The topological polar surface area (TPSA) is 86.0 Å². The molecule has 0 aliphatic heterocycles. The lowest BCUT2D eigenvalue weighted by Gasteiger charge is -2.01. The number of aromatic hydroxyl groups is 1. The van der Waals surface area contributed by atoms with Gasteiger partial charge >= 0.3 is 0 Å². The maximum Gasteiger partial charge on any atom is 0.284 e. The number of ether oxygens (including phenoxy) is 2. The fourth-order valence-corrected chi connectivity index (χ4v) is 1.27. The van der Waals surface area contributed by atoms with E-state index in [-0.39, 0.29) is 11.5 Å². The summed E-state index contributed by atoms with van der Waals surface area (Å²) in [6, 6.07) is 7.55. The molecule has 0 saturated heterocycles. The zero-order chi connectivity index (χ0) is 15.0. The van der Waals surface area contributed by atoms with Gasteiger partial charge in [0.1, 0.15) is 6.29 Å². The van der Waals surface area contributed by atoms with Gasteiger partial charge in [0, 0.05) is 11.6 Å². The molecule has 0 spiro atoms. The summed E-state index contributed by atoms with van der Waals surface area (Å²) in [6.45, 7) is 0. The predicted molar refractivity (Wildman–Crippen MR) is 70.7 cm³/mol. The van der Waals surface area contributed by atoms with Crippen LogP contribution in [-0.2, 0) is 0 Å². The Morgan fingerprint density at radius 3 is 2.25 bits per heavy atom. The number of phenolic OH excluding ortho intramolecular Hbond substituents is 1. The van der Waals surface area contributed by atoms with E-state index in [1.54, 1.807) is 12.1 Å². The second kappa shape index (κ2) is 7.63. The highest BCUT2D eigenvalue weighted by molar-refractivity contribution is 5.76. The molecule has 0 saturated carbocycles. The summed E-state index contributed by atoms with van der Waals surface area (Å²) in [6.07, 6.45) is 1.32. The summed E-state index contributed by atoms with van der Waals surface area (Å²) in [5.41, 5.74) is 0.486. The van der Waals surface area contributed by atoms with Crippen LogP contribution in [0.25, 0.3) is 0 Å². The fourth-order valence-electron chi connectivity index (χ4n) is 1.27. The number of hydrogen-bond acceptors (Lipinski definition) is 6. The van der Waals surface area contributed by atoms with Crippen LogP contribution in [0.2, 0.25) is 0 Å². The third kappa shape index (κ3) is 4.16. The molecule has 6 heteroatoms. The maximum atomic E-state index is 10.2. The highest BCUT2D eigenvalue weighted by Crippen LogP contribution is 2.25. The van der Waals surface area contributed by atoms with Crippen molar-refractivity contribution in [3.05, 3.63) is 41.7 Å². The molecule has 6 nitrogen and oxygen atoms in total. The van der Waals surface area contributed by atoms with E-state index in [2.05, 4.69) is 4.74 Å². The van der Waals surface area contributed by atoms with Crippen molar-refractivity contribution in [2.24, 2.45) is 0 Å². The molecule has 0 aliphatic rings. The van der Waals surface area contributed by atoms with Gasteiger partial charge in [0.05, 0.1) is 14.2 Å². The molecule has 2 aromatic rings. The molecule has 0 fully saturated rings. The van der Waals surface area contributed by atoms with Crippen LogP contribution in [0.5, 0.6) is 17.4 Å². The van der Waals surface area contributed by atoms with Crippen molar-refractivity contribution in [2.45, 2.75) is 0 Å². The first kappa shape index (κ1) is 15.3. The third-order valence-corrected chi connectivity index (χ3v) is 2.26. The first-order valence-corrected chi connectivity index (χ1v) is 5.55. The van der Waals surface area contributed by atoms with Crippen LogP contribution < -0.4 is 9.47 Å². The van der Waals surface area contributed by atoms with Crippen molar-refractivity contribution in [3.8, 4) is 17.4 Å². The third-order valence-electron chi connectivity index (χ3n) is 2.26. The summed E-state index contributed by atoms with van der Waals surface area (Å²) in [4.78, 5) is 20.2. The molecular weight excluding hydrogens is 264 g/mol. The number of aldehydes is 2. The molecule has 2 rings (SSSR count). The van der Waals surface area contributed by atoms with Gasteiger partial charge in [0.15, 0.2) is 23.5 Å². The average Bonchev–Trinajstić information content (AvgIpc) is 2.96. The largest absolute Gasteiger partial charge is 0.504 e. The quantitative estimate of drug-likeness (QED) is 0.864. The van der Waals surface area contributed by atoms with Crippen molar-refractivity contribution in [2.75, 3.05) is 14.2 Å². The predicted octanol–water partition coefficient (Wildman–Crippen LogP) is 2.31. The number of carbonyl (C=O) groups is 2. The van der Waals surface area contributed by atoms with Gasteiger partial charge in [-0.25, -0.2) is 0 Å². The lowest BCUT2D eigenvalue weighted by Crippen LogP contribution is -1.85. The number of carbonyl (C=O) groups excluding carboxylic acids is 2. The molecule has 1 heterocycles. The van der Waals surface area contributed by atoms with Crippen LogP contribution in [0.15, 0.2) is 34.7 Å². The summed E-state index contributed by atoms with van der Waals surface area (Å²) in [5, 5.41) is 9.09. The Morgan fingerprint density at radius 1 is 1.05 bits per heavy atom. The van der Waals surface area contributed by atoms with Gasteiger partial charge in [0.25, 0.3) is 5.95 Å². The first-order chi connectivity index (χ1) is 9.64. The average molecular weight is 278 g/mol. The van der Waals surface area contributed by atoms with E-state index in [1.807, 2.05) is 0 Å². The van der Waals surface area contributed by atoms with E-state index in [9.17, 15) is 9.59 Å². The molecule has 0 radical (unpaired) electrons. The minimum atomic E-state index is 0.0399. The number of hydrogen-bond donors (Lipinski definition) is 1. The Bertz CT molecular complexity index is 573. The highest BCUT2D eigenvalue weighted by Gasteiger charge is 2.00. The van der Waals surface area contributed by atoms with Crippen LogP contribution in [0.4, 0.5) is 0 Å². The van der Waals surface area contributed by atoms with Gasteiger partial charge in [0.2, 0.25) is 0 Å². The number of methoxy groups -OCH3 is 2. The molecule has 0 aliphatic carbocycles. The molecule has 0 bridgehead atoms. The molecule has 106 valence electrons. The minimum absolute atomic E-state index is 0.0399. The number of rotatable bonds is 4. The first-order valence-electron chi connectivity index (χ1n) is 5.55. The molecule has 1 N–H and O–H groups in total. The van der Waals surface area contributed by atoms with Crippen LogP contribution in [0.1, 0.15) is 20.9 Å². The van der Waals surface area contributed by atoms with E-state index in [4.69, 9.17) is 14.3 Å². The molecule has 1 aromatic carbocycles. The Morgan fingerprint density at radius 2 is 1.80 bits per heavy atom. The van der Waals surface area contributed by atoms with Gasteiger partial charge in [-0.05, 0) is 24.3 Å². The van der Waals surface area contributed by atoms with Gasteiger partial charge in [-0.1, -0.05) is 0 Å². The second-order valence-corrected chi connectivity index (χ2v) is 3.53. The molecule has 0 amide bonds. The summed E-state index contributed by atoms with van der Waals surface area (Å²) in [7, 11) is 2.91. The summed E-state index contributed by atoms with van der Waals surface area (Å²) in [5.74, 6) is 0.997. The summed E-state index contributed by atoms with van der Waals surface area (Å²) >= 11 is 0. The van der Waals surface area contributed by atoms with Crippen molar-refractivity contribution in [1.82, 2.24) is 0 Å². The number of benzene rings is 1. The van der Waals surface area contributed by atoms with E-state index in [0.29, 0.717) is 29.8 Å². The van der Waals surface area contributed by atoms with E-state index >= 15 is 0 Å². The Kier molecular flexibility index (Phi) is 5.83. The van der Waals surface area contributed by atoms with Crippen molar-refractivity contribution < 1.29 is 28.6 Å². The van der Waals surface area contributed by atoms with Gasteiger partial charge in [-0.3, -0.25) is 9.59 Å². The molecule has 1 aromatic heterocycles. The van der Waals surface area contributed by atoms with E-state index in [1.165, 1.54) is 32.4 Å². The molecule has 0 atom stereocenters. The van der Waals surface area contributed by atoms with Gasteiger partial charge < -0.3 is 19.0 Å². The van der Waals surface area contributed by atoms with Crippen LogP contribution in [0, 0.1) is 0 Å². The Hall–Kier alpha value is -2.76. The van der Waals surface area contributed by atoms with E-state index in [0.717, 1.165) is 0 Å². The second-order valence-electron chi connectivity index (χ2n) is 3.53. The van der Waals surface area contributed by atoms with Crippen LogP contribution in [0.3, 0.4) is 0 Å². The van der Waals surface area contributed by atoms with E-state index < -0.39 is 0 Å². The SMILES string of the molecule is COc1cc(C=O)ccc1O.COc1ccc(C=O)o1. The van der Waals surface area contributed by atoms with Crippen molar-refractivity contribution in [3.63, 3.8) is 0 Å². The highest BCUT2D eigenvalue weighted by atomic mass is 16.6. The van der Waals surface area contributed by atoms with Crippen molar-refractivity contribution in [1.29, 1.82) is 0 Å². The van der Waals surface area contributed by atoms with Gasteiger partial charge in [-0.15, -0.1) is 0 Å². The maximum absolute atomic E-state index is 10.2. The fraction of sp³-hybridized carbons (Fsp3) is 0.143. The van der Waals surface area contributed by atoms with Crippen LogP contribution in [-0.4, -0.2) is 31.9 Å². The standard InChI is InChI=1S/C8H8O3.C6H6O3/c1-11-8-4-6(5-9)2-3-7(8)10;1-8-6-3-2-5(4-7)9-6/h2-5,10H,1H3;2-4H,1H3. The zero-order valence-electron chi connectivity index (χ0n) is 11.0. The lowest BCUT2D eigenvalue weighted by atomic mass is 10.2. The smallest absolute Gasteiger partial charge is 0.284 e. The number of furan rings is 1. The minimum Gasteiger partial charge on any atom is -0.504 e. The Balaban J connectivity index is 0.000000204. The number of phenols is 1. The molecule has 20 heavy (non-hydrogen) atoms. The molecule has 0 unspecified atom stereocenters. The normalized spacial score (nSPS) is 9.10. The molecular formula is C14H14O6. The lowest BCUT2D eigenvalue weighted by molar-refractivity contribution is 0.109. The van der Waals surface area contributed by atoms with Gasteiger partial charge in [-0.2, -0.15) is 0 Å². The zero-order valence-corrected chi connectivity index (χ0v) is 11.0. The Labute approximate surface area is 115 Å². The monoisotopic (exact) mass is 278 g/mol. The van der Waals surface area contributed by atoms with Crippen LogP contribution >= 0.6 is 0 Å². The summed E-state index contributed by atoms with van der Waals surface area (Å²) < 4.78 is 14.2.